The van der Waals surface area contributed by atoms with Crippen molar-refractivity contribution in [2.45, 2.75) is 32.2 Å². The second kappa shape index (κ2) is 3.91. The summed E-state index contributed by atoms with van der Waals surface area (Å²) in [6.07, 6.45) is 4.05. The highest BCUT2D eigenvalue weighted by Crippen LogP contribution is 2.41. The SMILES string of the molecule is CC(C)(Nc1ncnc(Cl)c1Br)C1CC1. The second-order valence-electron chi connectivity index (χ2n) is 4.45. The second-order valence-corrected chi connectivity index (χ2v) is 5.60. The molecule has 0 atom stereocenters. The Bertz CT molecular complexity index is 377. The summed E-state index contributed by atoms with van der Waals surface area (Å²) in [7, 11) is 0. The smallest absolute Gasteiger partial charge is 0.148 e. The summed E-state index contributed by atoms with van der Waals surface area (Å²) in [5, 5.41) is 3.85. The minimum Gasteiger partial charge on any atom is -0.364 e. The van der Waals surface area contributed by atoms with Gasteiger partial charge >= 0.3 is 0 Å². The van der Waals surface area contributed by atoms with Crippen LogP contribution in [0.1, 0.15) is 26.7 Å². The van der Waals surface area contributed by atoms with Gasteiger partial charge in [0.2, 0.25) is 0 Å². The van der Waals surface area contributed by atoms with Crippen LogP contribution in [-0.4, -0.2) is 15.5 Å². The molecule has 0 saturated heterocycles. The van der Waals surface area contributed by atoms with Crippen molar-refractivity contribution in [1.82, 2.24) is 9.97 Å². The third-order valence-corrected chi connectivity index (χ3v) is 4.05. The lowest BCUT2D eigenvalue weighted by atomic mass is 9.99. The highest BCUT2D eigenvalue weighted by molar-refractivity contribution is 9.10. The zero-order valence-corrected chi connectivity index (χ0v) is 11.1. The summed E-state index contributed by atoms with van der Waals surface area (Å²) < 4.78 is 0.736. The zero-order chi connectivity index (χ0) is 11.1. The quantitative estimate of drug-likeness (QED) is 0.866. The Morgan fingerprint density at radius 2 is 2.13 bits per heavy atom. The van der Waals surface area contributed by atoms with E-state index in [0.717, 1.165) is 16.2 Å². The van der Waals surface area contributed by atoms with E-state index < -0.39 is 0 Å². The molecule has 15 heavy (non-hydrogen) atoms. The molecule has 0 unspecified atom stereocenters. The average molecular weight is 291 g/mol. The molecule has 2 rings (SSSR count). The van der Waals surface area contributed by atoms with Crippen LogP contribution in [0.5, 0.6) is 0 Å². The van der Waals surface area contributed by atoms with E-state index in [1.54, 1.807) is 0 Å². The number of rotatable bonds is 3. The highest BCUT2D eigenvalue weighted by atomic mass is 79.9. The fourth-order valence-corrected chi connectivity index (χ4v) is 2.08. The largest absolute Gasteiger partial charge is 0.364 e. The maximum Gasteiger partial charge on any atom is 0.148 e. The fraction of sp³-hybridized carbons (Fsp3) is 0.600. The molecule has 1 heterocycles. The number of nitrogens with zero attached hydrogens (tertiary/aromatic N) is 2. The van der Waals surface area contributed by atoms with Gasteiger partial charge in [-0.2, -0.15) is 0 Å². The van der Waals surface area contributed by atoms with Gasteiger partial charge in [0.1, 0.15) is 17.3 Å². The number of hydrogen-bond acceptors (Lipinski definition) is 3. The molecule has 1 N–H and O–H groups in total. The van der Waals surface area contributed by atoms with Gasteiger partial charge in [0.05, 0.1) is 4.47 Å². The number of anilines is 1. The van der Waals surface area contributed by atoms with Gasteiger partial charge in [0, 0.05) is 5.54 Å². The molecule has 0 bridgehead atoms. The van der Waals surface area contributed by atoms with Crippen LogP contribution in [0.2, 0.25) is 5.15 Å². The van der Waals surface area contributed by atoms with Gasteiger partial charge < -0.3 is 5.32 Å². The highest BCUT2D eigenvalue weighted by Gasteiger charge is 2.38. The molecule has 0 amide bonds. The van der Waals surface area contributed by atoms with Gasteiger partial charge in [-0.25, -0.2) is 9.97 Å². The van der Waals surface area contributed by atoms with E-state index in [9.17, 15) is 0 Å². The van der Waals surface area contributed by atoms with Gasteiger partial charge in [-0.05, 0) is 48.5 Å². The first kappa shape index (κ1) is 11.1. The lowest BCUT2D eigenvalue weighted by Gasteiger charge is -2.27. The normalized spacial score (nSPS) is 16.5. The summed E-state index contributed by atoms with van der Waals surface area (Å²) in [6, 6.07) is 0. The maximum absolute atomic E-state index is 5.90. The molecule has 1 aliphatic rings. The van der Waals surface area contributed by atoms with Crippen LogP contribution in [0.15, 0.2) is 10.8 Å². The van der Waals surface area contributed by atoms with Crippen molar-refractivity contribution in [3.8, 4) is 0 Å². The van der Waals surface area contributed by atoms with Crippen LogP contribution in [-0.2, 0) is 0 Å². The van der Waals surface area contributed by atoms with E-state index in [1.165, 1.54) is 19.2 Å². The third kappa shape index (κ3) is 2.42. The van der Waals surface area contributed by atoms with Gasteiger partial charge in [0.25, 0.3) is 0 Å². The van der Waals surface area contributed by atoms with Crippen LogP contribution in [0.3, 0.4) is 0 Å². The van der Waals surface area contributed by atoms with Crippen molar-refractivity contribution in [1.29, 1.82) is 0 Å². The van der Waals surface area contributed by atoms with E-state index >= 15 is 0 Å². The van der Waals surface area contributed by atoms with Gasteiger partial charge in [-0.15, -0.1) is 0 Å². The molecule has 5 heteroatoms. The van der Waals surface area contributed by atoms with Crippen LogP contribution in [0.4, 0.5) is 5.82 Å². The Morgan fingerprint density at radius 3 is 2.73 bits per heavy atom. The van der Waals surface area contributed by atoms with Crippen molar-refractivity contribution in [3.63, 3.8) is 0 Å². The van der Waals surface area contributed by atoms with E-state index in [0.29, 0.717) is 5.15 Å². The first-order chi connectivity index (χ1) is 7.00. The van der Waals surface area contributed by atoms with E-state index in [1.807, 2.05) is 0 Å². The molecular weight excluding hydrogens is 277 g/mol. The Morgan fingerprint density at radius 1 is 1.47 bits per heavy atom. The minimum atomic E-state index is 0.0696. The molecule has 1 aromatic rings. The molecule has 1 fully saturated rings. The molecule has 0 aromatic carbocycles. The monoisotopic (exact) mass is 289 g/mol. The molecule has 1 aromatic heterocycles. The van der Waals surface area contributed by atoms with E-state index in [2.05, 4.69) is 45.1 Å². The first-order valence-electron chi connectivity index (χ1n) is 4.95. The van der Waals surface area contributed by atoms with Gasteiger partial charge in [-0.3, -0.25) is 0 Å². The third-order valence-electron chi connectivity index (χ3n) is 2.79. The van der Waals surface area contributed by atoms with Gasteiger partial charge in [-0.1, -0.05) is 11.6 Å². The number of hydrogen-bond donors (Lipinski definition) is 1. The Labute approximate surface area is 103 Å². The fourth-order valence-electron chi connectivity index (χ4n) is 1.65. The summed E-state index contributed by atoms with van der Waals surface area (Å²) in [5.41, 5.74) is 0.0696. The molecule has 0 radical (unpaired) electrons. The van der Waals surface area contributed by atoms with Crippen molar-refractivity contribution < 1.29 is 0 Å². The van der Waals surface area contributed by atoms with Crippen molar-refractivity contribution >= 4 is 33.3 Å². The lowest BCUT2D eigenvalue weighted by molar-refractivity contribution is 0.492. The summed E-state index contributed by atoms with van der Waals surface area (Å²) >= 11 is 9.28. The summed E-state index contributed by atoms with van der Waals surface area (Å²) in [5.74, 6) is 1.50. The molecule has 1 aliphatic carbocycles. The molecule has 82 valence electrons. The predicted octanol–water partition coefficient (Wildman–Crippen LogP) is 3.49. The topological polar surface area (TPSA) is 37.8 Å². The minimum absolute atomic E-state index is 0.0696. The standard InChI is InChI=1S/C10H13BrClN3/c1-10(2,6-3-4-6)15-9-7(11)8(12)13-5-14-9/h5-6H,3-4H2,1-2H3,(H,13,14,15). The molecule has 0 spiro atoms. The maximum atomic E-state index is 5.90. The van der Waals surface area contributed by atoms with Crippen molar-refractivity contribution in [2.75, 3.05) is 5.32 Å². The van der Waals surface area contributed by atoms with Crippen molar-refractivity contribution in [3.05, 3.63) is 16.0 Å². The summed E-state index contributed by atoms with van der Waals surface area (Å²) in [6.45, 7) is 4.38. The Balaban J connectivity index is 2.20. The zero-order valence-electron chi connectivity index (χ0n) is 8.72. The van der Waals surface area contributed by atoms with Crippen LogP contribution >= 0.6 is 27.5 Å². The predicted molar refractivity (Wildman–Crippen MR) is 65.2 cm³/mol. The molecule has 0 aliphatic heterocycles. The number of nitrogens with one attached hydrogen (secondary N) is 1. The van der Waals surface area contributed by atoms with Gasteiger partial charge in [0.15, 0.2) is 0 Å². The Hall–Kier alpha value is -0.350. The molecule has 1 saturated carbocycles. The van der Waals surface area contributed by atoms with Crippen LogP contribution in [0.25, 0.3) is 0 Å². The van der Waals surface area contributed by atoms with Crippen molar-refractivity contribution in [2.24, 2.45) is 5.92 Å². The Kier molecular flexibility index (Phi) is 2.90. The van der Waals surface area contributed by atoms with Crippen LogP contribution < -0.4 is 5.32 Å². The van der Waals surface area contributed by atoms with E-state index in [4.69, 9.17) is 11.6 Å². The number of aromatic nitrogens is 2. The molecular formula is C10H13BrClN3. The first-order valence-corrected chi connectivity index (χ1v) is 6.12. The average Bonchev–Trinajstić information content (AvgIpc) is 2.95. The summed E-state index contributed by atoms with van der Waals surface area (Å²) in [4.78, 5) is 8.08. The van der Waals surface area contributed by atoms with Crippen LogP contribution in [0, 0.1) is 5.92 Å². The van der Waals surface area contributed by atoms with E-state index in [-0.39, 0.29) is 5.54 Å². The lowest BCUT2D eigenvalue weighted by Crippen LogP contribution is -2.33. The number of halogens is 2. The molecule has 3 nitrogen and oxygen atoms in total.